The van der Waals surface area contributed by atoms with Crippen molar-refractivity contribution < 1.29 is 8.78 Å². The van der Waals surface area contributed by atoms with Crippen LogP contribution in [-0.4, -0.2) is 0 Å². The highest BCUT2D eigenvalue weighted by molar-refractivity contribution is 5.85. The molecule has 0 fully saturated rings. The molecule has 1 rings (SSSR count). The number of halogens is 3. The van der Waals surface area contributed by atoms with Crippen LogP contribution in [0.1, 0.15) is 18.0 Å². The standard InChI is InChI=1S/C9H8F2N2.ClH/c10-6-2-1-3-7(11)9(6)8(13)4-5-12;/h1-3,8H,4,13H2;1H/t8-;/m1./s1. The van der Waals surface area contributed by atoms with Gasteiger partial charge < -0.3 is 5.73 Å². The van der Waals surface area contributed by atoms with E-state index in [4.69, 9.17) is 11.0 Å². The molecule has 0 unspecified atom stereocenters. The first-order valence-corrected chi connectivity index (χ1v) is 3.73. The van der Waals surface area contributed by atoms with Gasteiger partial charge in [0.1, 0.15) is 11.6 Å². The van der Waals surface area contributed by atoms with Crippen LogP contribution in [0.2, 0.25) is 0 Å². The minimum Gasteiger partial charge on any atom is -0.323 e. The maximum absolute atomic E-state index is 13.0. The fraction of sp³-hybridized carbons (Fsp3) is 0.222. The lowest BCUT2D eigenvalue weighted by Gasteiger charge is -2.09. The van der Waals surface area contributed by atoms with E-state index in [2.05, 4.69) is 0 Å². The van der Waals surface area contributed by atoms with E-state index < -0.39 is 17.7 Å². The molecule has 1 atom stereocenters. The number of nitrogens with zero attached hydrogens (tertiary/aromatic N) is 1. The van der Waals surface area contributed by atoms with Gasteiger partial charge in [-0.05, 0) is 12.1 Å². The van der Waals surface area contributed by atoms with Crippen molar-refractivity contribution in [1.82, 2.24) is 0 Å². The van der Waals surface area contributed by atoms with Crippen molar-refractivity contribution in [2.75, 3.05) is 0 Å². The van der Waals surface area contributed by atoms with E-state index >= 15 is 0 Å². The summed E-state index contributed by atoms with van der Waals surface area (Å²) in [7, 11) is 0. The van der Waals surface area contributed by atoms with Gasteiger partial charge in [0, 0.05) is 11.6 Å². The fourth-order valence-corrected chi connectivity index (χ4v) is 1.07. The molecule has 1 aromatic carbocycles. The maximum atomic E-state index is 13.0. The first kappa shape index (κ1) is 12.8. The quantitative estimate of drug-likeness (QED) is 0.828. The third kappa shape index (κ3) is 2.66. The van der Waals surface area contributed by atoms with Gasteiger partial charge in [0.25, 0.3) is 0 Å². The monoisotopic (exact) mass is 218 g/mol. The van der Waals surface area contributed by atoms with E-state index in [-0.39, 0.29) is 24.4 Å². The summed E-state index contributed by atoms with van der Waals surface area (Å²) in [6.45, 7) is 0. The topological polar surface area (TPSA) is 49.8 Å². The molecule has 14 heavy (non-hydrogen) atoms. The summed E-state index contributed by atoms with van der Waals surface area (Å²) in [4.78, 5) is 0. The molecule has 0 aliphatic heterocycles. The van der Waals surface area contributed by atoms with E-state index in [1.807, 2.05) is 0 Å². The molecule has 0 amide bonds. The Labute approximate surface area is 86.7 Å². The summed E-state index contributed by atoms with van der Waals surface area (Å²) in [5.41, 5.74) is 5.19. The fourth-order valence-electron chi connectivity index (χ4n) is 1.07. The molecule has 2 nitrogen and oxygen atoms in total. The molecule has 76 valence electrons. The molecule has 0 saturated heterocycles. The minimum absolute atomic E-state index is 0. The van der Waals surface area contributed by atoms with Crippen LogP contribution in [-0.2, 0) is 0 Å². The molecule has 5 heteroatoms. The van der Waals surface area contributed by atoms with Crippen LogP contribution in [0.3, 0.4) is 0 Å². The number of hydrogen-bond acceptors (Lipinski definition) is 2. The van der Waals surface area contributed by atoms with Gasteiger partial charge in [-0.1, -0.05) is 6.07 Å². The second-order valence-corrected chi connectivity index (χ2v) is 2.60. The second kappa shape index (κ2) is 5.53. The normalized spacial score (nSPS) is 11.3. The number of hydrogen-bond donors (Lipinski definition) is 1. The molecule has 2 N–H and O–H groups in total. The number of rotatable bonds is 2. The molecular formula is C9H9ClF2N2. The van der Waals surface area contributed by atoms with Gasteiger partial charge in [0.05, 0.1) is 12.5 Å². The smallest absolute Gasteiger partial charge is 0.130 e. The predicted octanol–water partition coefficient (Wildman–Crippen LogP) is 2.30. The van der Waals surface area contributed by atoms with Crippen LogP contribution < -0.4 is 5.73 Å². The Balaban J connectivity index is 0.00000169. The van der Waals surface area contributed by atoms with Crippen LogP contribution >= 0.6 is 12.4 Å². The van der Waals surface area contributed by atoms with Crippen molar-refractivity contribution in [3.8, 4) is 6.07 Å². The highest BCUT2D eigenvalue weighted by atomic mass is 35.5. The van der Waals surface area contributed by atoms with Gasteiger partial charge >= 0.3 is 0 Å². The summed E-state index contributed by atoms with van der Waals surface area (Å²) < 4.78 is 26.0. The molecule has 0 aliphatic carbocycles. The van der Waals surface area contributed by atoms with Crippen LogP contribution in [0.15, 0.2) is 18.2 Å². The van der Waals surface area contributed by atoms with Crippen molar-refractivity contribution in [3.05, 3.63) is 35.4 Å². The molecule has 0 bridgehead atoms. The van der Waals surface area contributed by atoms with Crippen molar-refractivity contribution >= 4 is 12.4 Å². The lowest BCUT2D eigenvalue weighted by Crippen LogP contribution is -2.13. The molecule has 0 spiro atoms. The molecule has 1 aromatic rings. The zero-order valence-corrected chi connectivity index (χ0v) is 8.02. The van der Waals surface area contributed by atoms with E-state index in [0.29, 0.717) is 0 Å². The number of benzene rings is 1. The van der Waals surface area contributed by atoms with Gasteiger partial charge in [0.15, 0.2) is 0 Å². The summed E-state index contributed by atoms with van der Waals surface area (Å²) in [5, 5.41) is 8.30. The van der Waals surface area contributed by atoms with Crippen molar-refractivity contribution in [1.29, 1.82) is 5.26 Å². The average molecular weight is 219 g/mol. The molecular weight excluding hydrogens is 210 g/mol. The largest absolute Gasteiger partial charge is 0.323 e. The first-order chi connectivity index (χ1) is 6.16. The summed E-state index contributed by atoms with van der Waals surface area (Å²) >= 11 is 0. The summed E-state index contributed by atoms with van der Waals surface area (Å²) in [6, 6.07) is 4.36. The summed E-state index contributed by atoms with van der Waals surface area (Å²) in [5.74, 6) is -1.41. The van der Waals surface area contributed by atoms with Gasteiger partial charge in [-0.3, -0.25) is 0 Å². The van der Waals surface area contributed by atoms with Gasteiger partial charge in [0.2, 0.25) is 0 Å². The highest BCUT2D eigenvalue weighted by Crippen LogP contribution is 2.20. The Morgan fingerprint density at radius 3 is 2.29 bits per heavy atom. The molecule has 0 aromatic heterocycles. The molecule has 0 radical (unpaired) electrons. The number of nitrogens with two attached hydrogens (primary N) is 1. The average Bonchev–Trinajstić information content (AvgIpc) is 2.04. The lowest BCUT2D eigenvalue weighted by atomic mass is 10.0. The Hall–Kier alpha value is -1.18. The lowest BCUT2D eigenvalue weighted by molar-refractivity contribution is 0.528. The van der Waals surface area contributed by atoms with Crippen molar-refractivity contribution in [3.63, 3.8) is 0 Å². The van der Waals surface area contributed by atoms with E-state index in [0.717, 1.165) is 12.1 Å². The van der Waals surface area contributed by atoms with Crippen molar-refractivity contribution in [2.45, 2.75) is 12.5 Å². The van der Waals surface area contributed by atoms with Gasteiger partial charge in [-0.25, -0.2) is 8.78 Å². The van der Waals surface area contributed by atoms with Crippen LogP contribution in [0.25, 0.3) is 0 Å². The maximum Gasteiger partial charge on any atom is 0.130 e. The third-order valence-corrected chi connectivity index (χ3v) is 1.68. The van der Waals surface area contributed by atoms with Crippen LogP contribution in [0, 0.1) is 23.0 Å². The molecule has 0 saturated carbocycles. The number of nitriles is 1. The van der Waals surface area contributed by atoms with E-state index in [1.54, 1.807) is 6.07 Å². The Morgan fingerprint density at radius 2 is 1.86 bits per heavy atom. The Morgan fingerprint density at radius 1 is 1.36 bits per heavy atom. The SMILES string of the molecule is Cl.N#CC[C@@H](N)c1c(F)cccc1F. The minimum atomic E-state index is -0.897. The zero-order valence-electron chi connectivity index (χ0n) is 7.21. The highest BCUT2D eigenvalue weighted by Gasteiger charge is 2.15. The van der Waals surface area contributed by atoms with Gasteiger partial charge in [-0.15, -0.1) is 12.4 Å². The third-order valence-electron chi connectivity index (χ3n) is 1.68. The first-order valence-electron chi connectivity index (χ1n) is 3.73. The molecule has 0 heterocycles. The van der Waals surface area contributed by atoms with Crippen LogP contribution in [0.5, 0.6) is 0 Å². The van der Waals surface area contributed by atoms with Gasteiger partial charge in [-0.2, -0.15) is 5.26 Å². The van der Waals surface area contributed by atoms with E-state index in [9.17, 15) is 8.78 Å². The van der Waals surface area contributed by atoms with Crippen molar-refractivity contribution in [2.24, 2.45) is 5.73 Å². The zero-order chi connectivity index (χ0) is 9.84. The van der Waals surface area contributed by atoms with Crippen LogP contribution in [0.4, 0.5) is 8.78 Å². The van der Waals surface area contributed by atoms with E-state index in [1.165, 1.54) is 6.07 Å². The Kier molecular flexibility index (Phi) is 5.06. The second-order valence-electron chi connectivity index (χ2n) is 2.60. The summed E-state index contributed by atoms with van der Waals surface area (Å²) in [6.07, 6.45) is -0.0994. The Bertz CT molecular complexity index is 329. The molecule has 0 aliphatic rings. The predicted molar refractivity (Wildman–Crippen MR) is 50.8 cm³/mol.